The summed E-state index contributed by atoms with van der Waals surface area (Å²) in [6.45, 7) is 2.92. The lowest BCUT2D eigenvalue weighted by Gasteiger charge is -2.38. The van der Waals surface area contributed by atoms with Crippen LogP contribution in [0.5, 0.6) is 0 Å². The van der Waals surface area contributed by atoms with Crippen molar-refractivity contribution in [3.05, 3.63) is 82.9 Å². The van der Waals surface area contributed by atoms with Crippen LogP contribution in [0.2, 0.25) is 0 Å². The molecule has 3 aromatic heterocycles. The number of hydrogen-bond donors (Lipinski definition) is 1. The summed E-state index contributed by atoms with van der Waals surface area (Å²) in [7, 11) is 0. The summed E-state index contributed by atoms with van der Waals surface area (Å²) in [5.74, 6) is 0.0499. The third-order valence-corrected chi connectivity index (χ3v) is 6.99. The summed E-state index contributed by atoms with van der Waals surface area (Å²) < 4.78 is 14.3. The van der Waals surface area contributed by atoms with Crippen LogP contribution in [0, 0.1) is 11.7 Å². The predicted molar refractivity (Wildman–Crippen MR) is 133 cm³/mol. The minimum Gasteiger partial charge on any atom is -0.348 e. The quantitative estimate of drug-likeness (QED) is 0.387. The van der Waals surface area contributed by atoms with Crippen LogP contribution in [-0.4, -0.2) is 44.6 Å². The fourth-order valence-corrected chi connectivity index (χ4v) is 5.06. The third-order valence-electron chi connectivity index (χ3n) is 6.08. The maximum atomic E-state index is 13.6. The summed E-state index contributed by atoms with van der Waals surface area (Å²) in [6.07, 6.45) is 3.61. The van der Waals surface area contributed by atoms with E-state index in [2.05, 4.69) is 20.3 Å². The number of nitrogens with zero attached hydrogens (tertiary/aromatic N) is 4. The Labute approximate surface area is 206 Å². The molecule has 7 nitrogen and oxygen atoms in total. The molecule has 35 heavy (non-hydrogen) atoms. The Morgan fingerprint density at radius 1 is 1.17 bits per heavy atom. The largest absolute Gasteiger partial charge is 0.348 e. The van der Waals surface area contributed by atoms with Gasteiger partial charge in [-0.3, -0.25) is 14.6 Å². The number of Topliss-reactive ketones (excluding diaryl/α,β-unsaturated/α-hetero) is 1. The number of amides is 1. The third kappa shape index (κ3) is 5.19. The molecule has 1 fully saturated rings. The van der Waals surface area contributed by atoms with Gasteiger partial charge < -0.3 is 10.2 Å². The lowest BCUT2D eigenvalue weighted by Crippen LogP contribution is -2.50. The average molecular weight is 490 g/mol. The highest BCUT2D eigenvalue weighted by Crippen LogP contribution is 2.29. The number of halogens is 1. The summed E-state index contributed by atoms with van der Waals surface area (Å²) in [4.78, 5) is 40.4. The van der Waals surface area contributed by atoms with Crippen molar-refractivity contribution in [2.75, 3.05) is 18.4 Å². The molecular formula is C26H24FN5O2S. The van der Waals surface area contributed by atoms with Crippen molar-refractivity contribution in [3.63, 3.8) is 0 Å². The second-order valence-corrected chi connectivity index (χ2v) is 9.73. The Hall–Kier alpha value is -3.72. The average Bonchev–Trinajstić information content (AvgIpc) is 3.29. The van der Waals surface area contributed by atoms with Crippen molar-refractivity contribution in [1.29, 1.82) is 0 Å². The number of thiophene rings is 1. The van der Waals surface area contributed by atoms with Gasteiger partial charge in [-0.15, -0.1) is 11.3 Å². The van der Waals surface area contributed by atoms with Crippen molar-refractivity contribution in [3.8, 4) is 0 Å². The zero-order valence-corrected chi connectivity index (χ0v) is 20.0. The van der Waals surface area contributed by atoms with Gasteiger partial charge in [0.25, 0.3) is 5.91 Å². The number of aromatic nitrogens is 3. The van der Waals surface area contributed by atoms with E-state index in [4.69, 9.17) is 0 Å². The second-order valence-electron chi connectivity index (χ2n) is 8.81. The fourth-order valence-electron chi connectivity index (χ4n) is 4.25. The normalized spacial score (nSPS) is 14.5. The lowest BCUT2D eigenvalue weighted by molar-refractivity contribution is -0.120. The van der Waals surface area contributed by atoms with Crippen LogP contribution in [-0.2, 0) is 11.2 Å². The first-order chi connectivity index (χ1) is 17.0. The summed E-state index contributed by atoms with van der Waals surface area (Å²) in [5.41, 5.74) is 2.67. The molecule has 0 spiro atoms. The molecule has 5 rings (SSSR count). The van der Waals surface area contributed by atoms with Crippen LogP contribution in [0.4, 0.5) is 10.3 Å². The van der Waals surface area contributed by atoms with E-state index in [1.807, 2.05) is 48.7 Å². The zero-order valence-electron chi connectivity index (χ0n) is 19.1. The highest BCUT2D eigenvalue weighted by molar-refractivity contribution is 7.17. The second kappa shape index (κ2) is 9.87. The number of carbonyl (C=O) groups is 2. The number of rotatable bonds is 8. The molecule has 1 atom stereocenters. The van der Waals surface area contributed by atoms with Crippen molar-refractivity contribution in [2.24, 2.45) is 5.92 Å². The van der Waals surface area contributed by atoms with E-state index in [-0.39, 0.29) is 23.7 Å². The number of carbonyl (C=O) groups excluding carboxylic acids is 2. The number of benzene rings is 1. The van der Waals surface area contributed by atoms with E-state index in [0.29, 0.717) is 48.7 Å². The number of pyridine rings is 1. The smallest absolute Gasteiger partial charge is 0.274 e. The Morgan fingerprint density at radius 2 is 1.97 bits per heavy atom. The van der Waals surface area contributed by atoms with Gasteiger partial charge >= 0.3 is 0 Å². The first-order valence-electron chi connectivity index (χ1n) is 11.4. The Morgan fingerprint density at radius 3 is 2.74 bits per heavy atom. The van der Waals surface area contributed by atoms with Gasteiger partial charge in [-0.1, -0.05) is 30.3 Å². The van der Waals surface area contributed by atoms with Crippen LogP contribution in [0.3, 0.4) is 0 Å². The molecule has 4 heterocycles. The minimum absolute atomic E-state index is 0.161. The molecule has 0 unspecified atom stereocenters. The molecule has 9 heteroatoms. The first-order valence-corrected chi connectivity index (χ1v) is 12.3. The van der Waals surface area contributed by atoms with Gasteiger partial charge in [0.1, 0.15) is 11.6 Å². The molecule has 0 radical (unpaired) electrons. The standard InChI is InChI=1S/C26H24FN5O2S/c1-16(19-11-20(27)13-28-12-19)29-26-30-22-7-8-35-24(22)23(31-26)25(34)32-14-18(15-32)10-21(33)9-17-5-3-2-4-6-17/h2-8,11-13,16,18H,9-10,14-15H2,1H3,(H,29,30,31)/t16-/m0/s1. The van der Waals surface area contributed by atoms with Crippen molar-refractivity contribution >= 4 is 39.2 Å². The number of likely N-dealkylation sites (tertiary alicyclic amines) is 1. The SMILES string of the molecule is C[C@H](Nc1nc(C(=O)N2CC(CC(=O)Cc3ccccc3)C2)c2sccc2n1)c1cncc(F)c1. The molecule has 0 aliphatic carbocycles. The van der Waals surface area contributed by atoms with Gasteiger partial charge in [-0.2, -0.15) is 0 Å². The minimum atomic E-state index is -0.421. The zero-order chi connectivity index (χ0) is 24.4. The van der Waals surface area contributed by atoms with E-state index in [0.717, 1.165) is 16.5 Å². The van der Waals surface area contributed by atoms with Crippen LogP contribution in [0.1, 0.15) is 41.0 Å². The Bertz CT molecular complexity index is 1370. The molecule has 1 N–H and O–H groups in total. The number of fused-ring (bicyclic) bond motifs is 1. The van der Waals surface area contributed by atoms with Gasteiger partial charge in [-0.05, 0) is 35.6 Å². The topological polar surface area (TPSA) is 88.1 Å². The highest BCUT2D eigenvalue weighted by atomic mass is 32.1. The molecule has 1 amide bonds. The van der Waals surface area contributed by atoms with Crippen molar-refractivity contribution < 1.29 is 14.0 Å². The molecule has 1 aromatic carbocycles. The number of hydrogen-bond acceptors (Lipinski definition) is 7. The van der Waals surface area contributed by atoms with Gasteiger partial charge in [-0.25, -0.2) is 14.4 Å². The number of ketones is 1. The maximum Gasteiger partial charge on any atom is 0.274 e. The Kier molecular flexibility index (Phi) is 6.50. The maximum absolute atomic E-state index is 13.6. The van der Waals surface area contributed by atoms with E-state index in [1.54, 1.807) is 11.1 Å². The van der Waals surface area contributed by atoms with Crippen LogP contribution in [0.15, 0.2) is 60.2 Å². The molecule has 178 valence electrons. The van der Waals surface area contributed by atoms with Gasteiger partial charge in [0, 0.05) is 38.0 Å². The molecule has 1 saturated heterocycles. The summed E-state index contributed by atoms with van der Waals surface area (Å²) in [5, 5.41) is 5.03. The van der Waals surface area contributed by atoms with Crippen LogP contribution >= 0.6 is 11.3 Å². The molecular weight excluding hydrogens is 465 g/mol. The van der Waals surface area contributed by atoms with Gasteiger partial charge in [0.2, 0.25) is 5.95 Å². The summed E-state index contributed by atoms with van der Waals surface area (Å²) >= 11 is 1.42. The first kappa shape index (κ1) is 23.0. The molecule has 4 aromatic rings. The van der Waals surface area contributed by atoms with Crippen molar-refractivity contribution in [2.45, 2.75) is 25.8 Å². The van der Waals surface area contributed by atoms with Gasteiger partial charge in [0.15, 0.2) is 5.69 Å². The molecule has 1 aliphatic rings. The number of nitrogens with one attached hydrogen (secondary N) is 1. The fraction of sp³-hybridized carbons (Fsp3) is 0.269. The number of anilines is 1. The summed E-state index contributed by atoms with van der Waals surface area (Å²) in [6, 6.07) is 12.6. The van der Waals surface area contributed by atoms with Crippen molar-refractivity contribution in [1.82, 2.24) is 19.9 Å². The van der Waals surface area contributed by atoms with Crippen LogP contribution in [0.25, 0.3) is 10.2 Å². The monoisotopic (exact) mass is 489 g/mol. The molecule has 0 saturated carbocycles. The van der Waals surface area contributed by atoms with Crippen LogP contribution < -0.4 is 5.32 Å². The predicted octanol–water partition coefficient (Wildman–Crippen LogP) is 4.67. The molecule has 0 bridgehead atoms. The van der Waals surface area contributed by atoms with E-state index < -0.39 is 5.82 Å². The highest BCUT2D eigenvalue weighted by Gasteiger charge is 2.34. The lowest BCUT2D eigenvalue weighted by atomic mass is 9.91. The van der Waals surface area contributed by atoms with E-state index in [1.165, 1.54) is 17.4 Å². The van der Waals surface area contributed by atoms with E-state index >= 15 is 0 Å². The van der Waals surface area contributed by atoms with E-state index in [9.17, 15) is 14.0 Å². The molecule has 1 aliphatic heterocycles. The van der Waals surface area contributed by atoms with Gasteiger partial charge in [0.05, 0.1) is 22.5 Å². The Balaban J connectivity index is 1.25.